The monoisotopic (exact) mass is 442 g/mol. The molecule has 2 aromatic carbocycles. The van der Waals surface area contributed by atoms with Crippen LogP contribution >= 0.6 is 0 Å². The van der Waals surface area contributed by atoms with Gasteiger partial charge in [0.2, 0.25) is 11.9 Å². The number of nitrogens with zero attached hydrogens (tertiary/aromatic N) is 2. The molecule has 0 atom stereocenters. The summed E-state index contributed by atoms with van der Waals surface area (Å²) in [5.41, 5.74) is 0.312. The van der Waals surface area contributed by atoms with Crippen molar-refractivity contribution in [1.82, 2.24) is 9.55 Å². The lowest BCUT2D eigenvalue weighted by molar-refractivity contribution is -0.137. The van der Waals surface area contributed by atoms with Crippen LogP contribution in [0.5, 0.6) is 0 Å². The number of amides is 2. The van der Waals surface area contributed by atoms with Crippen molar-refractivity contribution in [2.75, 3.05) is 10.6 Å². The molecule has 2 N–H and O–H groups in total. The molecule has 10 heteroatoms. The number of anilines is 2. The molecule has 0 saturated heterocycles. The van der Waals surface area contributed by atoms with Gasteiger partial charge in [0.25, 0.3) is 5.91 Å². The highest BCUT2D eigenvalue weighted by Gasteiger charge is 2.31. The molecule has 32 heavy (non-hydrogen) atoms. The second-order valence-corrected chi connectivity index (χ2v) is 7.02. The molecule has 0 bridgehead atoms. The molecular formula is C22H17F3N4O3. The van der Waals surface area contributed by atoms with Crippen molar-refractivity contribution < 1.29 is 27.2 Å². The van der Waals surface area contributed by atoms with Crippen LogP contribution < -0.4 is 10.6 Å². The van der Waals surface area contributed by atoms with Gasteiger partial charge < -0.3 is 14.3 Å². The molecule has 2 heterocycles. The SMILES string of the molecule is CC(=O)Nc1cccc(C(=O)Nc2nc3cc(C(F)(F)F)ccc3n2Cc2ccco2)c1. The number of imidazole rings is 1. The predicted octanol–water partition coefficient (Wildman–Crippen LogP) is 4.91. The zero-order valence-corrected chi connectivity index (χ0v) is 16.7. The van der Waals surface area contributed by atoms with E-state index in [1.807, 2.05) is 0 Å². The van der Waals surface area contributed by atoms with Crippen LogP contribution in [-0.4, -0.2) is 21.4 Å². The first-order chi connectivity index (χ1) is 15.2. The number of aromatic nitrogens is 2. The Hall–Kier alpha value is -4.08. The fourth-order valence-corrected chi connectivity index (χ4v) is 3.24. The summed E-state index contributed by atoms with van der Waals surface area (Å²) in [6, 6.07) is 12.8. The molecule has 7 nitrogen and oxygen atoms in total. The average Bonchev–Trinajstić information content (AvgIpc) is 3.35. The lowest BCUT2D eigenvalue weighted by Crippen LogP contribution is -2.17. The van der Waals surface area contributed by atoms with Gasteiger partial charge in [0.15, 0.2) is 0 Å². The third-order valence-electron chi connectivity index (χ3n) is 4.64. The maximum absolute atomic E-state index is 13.1. The number of rotatable bonds is 5. The Balaban J connectivity index is 1.71. The van der Waals surface area contributed by atoms with Crippen molar-refractivity contribution in [3.05, 3.63) is 77.7 Å². The molecule has 0 spiro atoms. The van der Waals surface area contributed by atoms with Gasteiger partial charge in [-0.05, 0) is 48.5 Å². The van der Waals surface area contributed by atoms with Crippen molar-refractivity contribution in [2.45, 2.75) is 19.6 Å². The first-order valence-corrected chi connectivity index (χ1v) is 9.49. The Bertz CT molecular complexity index is 1290. The van der Waals surface area contributed by atoms with Gasteiger partial charge in [-0.25, -0.2) is 4.98 Å². The number of hydrogen-bond donors (Lipinski definition) is 2. The number of alkyl halides is 3. The smallest absolute Gasteiger partial charge is 0.416 e. The second kappa shape index (κ2) is 8.22. The van der Waals surface area contributed by atoms with E-state index in [0.717, 1.165) is 12.1 Å². The predicted molar refractivity (Wildman–Crippen MR) is 111 cm³/mol. The van der Waals surface area contributed by atoms with Crippen molar-refractivity contribution in [2.24, 2.45) is 0 Å². The first-order valence-electron chi connectivity index (χ1n) is 9.49. The maximum atomic E-state index is 13.1. The molecule has 0 aliphatic heterocycles. The van der Waals surface area contributed by atoms with Crippen LogP contribution in [0.15, 0.2) is 65.3 Å². The molecule has 0 fully saturated rings. The van der Waals surface area contributed by atoms with E-state index in [1.54, 1.807) is 34.9 Å². The minimum atomic E-state index is -4.52. The Labute approximate surface area is 179 Å². The Morgan fingerprint density at radius 2 is 1.88 bits per heavy atom. The van der Waals surface area contributed by atoms with Crippen LogP contribution in [0.25, 0.3) is 11.0 Å². The van der Waals surface area contributed by atoms with Gasteiger partial charge in [-0.1, -0.05) is 6.07 Å². The number of benzene rings is 2. The number of carbonyl (C=O) groups is 2. The fraction of sp³-hybridized carbons (Fsp3) is 0.136. The second-order valence-electron chi connectivity index (χ2n) is 7.02. The minimum absolute atomic E-state index is 0.0608. The van der Waals surface area contributed by atoms with Crippen LogP contribution in [-0.2, 0) is 17.5 Å². The Morgan fingerprint density at radius 3 is 2.56 bits per heavy atom. The molecular weight excluding hydrogens is 425 g/mol. The van der Waals surface area contributed by atoms with Gasteiger partial charge in [-0.3, -0.25) is 14.9 Å². The van der Waals surface area contributed by atoms with E-state index in [2.05, 4.69) is 15.6 Å². The summed E-state index contributed by atoms with van der Waals surface area (Å²) in [6.45, 7) is 1.50. The van der Waals surface area contributed by atoms with Crippen molar-refractivity contribution in [3.8, 4) is 0 Å². The van der Waals surface area contributed by atoms with E-state index in [1.165, 1.54) is 25.3 Å². The van der Waals surface area contributed by atoms with Crippen LogP contribution in [0.2, 0.25) is 0 Å². The summed E-state index contributed by atoms with van der Waals surface area (Å²) in [4.78, 5) is 28.3. The summed E-state index contributed by atoms with van der Waals surface area (Å²) in [7, 11) is 0. The van der Waals surface area contributed by atoms with E-state index in [4.69, 9.17) is 4.42 Å². The number of fused-ring (bicyclic) bond motifs is 1. The zero-order chi connectivity index (χ0) is 22.9. The van der Waals surface area contributed by atoms with Gasteiger partial charge in [-0.15, -0.1) is 0 Å². The van der Waals surface area contributed by atoms with Crippen LogP contribution in [0.3, 0.4) is 0 Å². The van der Waals surface area contributed by atoms with Gasteiger partial charge >= 0.3 is 6.18 Å². The highest BCUT2D eigenvalue weighted by Crippen LogP contribution is 2.32. The summed E-state index contributed by atoms with van der Waals surface area (Å²) in [6.07, 6.45) is -3.05. The van der Waals surface area contributed by atoms with Gasteiger partial charge in [0.05, 0.1) is 29.4 Å². The van der Waals surface area contributed by atoms with Crippen LogP contribution in [0.4, 0.5) is 24.8 Å². The molecule has 0 radical (unpaired) electrons. The fourth-order valence-electron chi connectivity index (χ4n) is 3.24. The quantitative estimate of drug-likeness (QED) is 0.460. The third kappa shape index (κ3) is 4.48. The number of nitrogens with one attached hydrogen (secondary N) is 2. The van der Waals surface area contributed by atoms with Crippen molar-refractivity contribution in [3.63, 3.8) is 0 Å². The maximum Gasteiger partial charge on any atom is 0.416 e. The standard InChI is InChI=1S/C22H17F3N4O3/c1-13(30)26-16-5-2-4-14(10-16)20(31)28-21-27-18-11-15(22(23,24)25)7-8-19(18)29(21)12-17-6-3-9-32-17/h2-11H,12H2,1H3,(H,26,30)(H,27,28,31). The van der Waals surface area contributed by atoms with E-state index in [0.29, 0.717) is 17.0 Å². The zero-order valence-electron chi connectivity index (χ0n) is 16.7. The normalized spacial score (nSPS) is 11.5. The average molecular weight is 442 g/mol. The van der Waals surface area contributed by atoms with E-state index >= 15 is 0 Å². The number of furan rings is 1. The molecule has 4 aromatic rings. The lowest BCUT2D eigenvalue weighted by Gasteiger charge is -2.10. The molecule has 2 amide bonds. The molecule has 4 rings (SSSR count). The Morgan fingerprint density at radius 1 is 1.06 bits per heavy atom. The lowest BCUT2D eigenvalue weighted by atomic mass is 10.2. The summed E-state index contributed by atoms with van der Waals surface area (Å²) < 4.78 is 46.3. The number of halogens is 3. The van der Waals surface area contributed by atoms with E-state index in [9.17, 15) is 22.8 Å². The molecule has 0 unspecified atom stereocenters. The molecule has 0 aliphatic carbocycles. The van der Waals surface area contributed by atoms with Gasteiger partial charge in [-0.2, -0.15) is 13.2 Å². The van der Waals surface area contributed by atoms with E-state index < -0.39 is 17.6 Å². The van der Waals surface area contributed by atoms with Gasteiger partial charge in [0.1, 0.15) is 5.76 Å². The highest BCUT2D eigenvalue weighted by molar-refractivity contribution is 6.05. The summed E-state index contributed by atoms with van der Waals surface area (Å²) in [5, 5.41) is 5.23. The third-order valence-corrected chi connectivity index (χ3v) is 4.64. The van der Waals surface area contributed by atoms with Crippen LogP contribution in [0, 0.1) is 0 Å². The van der Waals surface area contributed by atoms with Crippen LogP contribution in [0.1, 0.15) is 28.6 Å². The summed E-state index contributed by atoms with van der Waals surface area (Å²) >= 11 is 0. The van der Waals surface area contributed by atoms with Gasteiger partial charge in [0, 0.05) is 18.2 Å². The minimum Gasteiger partial charge on any atom is -0.467 e. The Kier molecular flexibility index (Phi) is 5.43. The molecule has 164 valence electrons. The molecule has 0 aliphatic rings. The number of hydrogen-bond acceptors (Lipinski definition) is 4. The van der Waals surface area contributed by atoms with E-state index in [-0.39, 0.29) is 29.5 Å². The number of carbonyl (C=O) groups excluding carboxylic acids is 2. The molecule has 0 saturated carbocycles. The molecule has 2 aromatic heterocycles. The topological polar surface area (TPSA) is 89.2 Å². The summed E-state index contributed by atoms with van der Waals surface area (Å²) in [5.74, 6) is -0.231. The highest BCUT2D eigenvalue weighted by atomic mass is 19.4. The first kappa shape index (κ1) is 21.2. The largest absolute Gasteiger partial charge is 0.467 e. The van der Waals surface area contributed by atoms with Crippen molar-refractivity contribution >= 4 is 34.5 Å². The van der Waals surface area contributed by atoms with Crippen molar-refractivity contribution in [1.29, 1.82) is 0 Å².